The number of nitrogens with zero attached hydrogens (tertiary/aromatic N) is 4. The van der Waals surface area contributed by atoms with Gasteiger partial charge < -0.3 is 32.1 Å². The molecule has 10 nitrogen and oxygen atoms in total. The molecule has 0 spiro atoms. The number of rotatable bonds is 2. The van der Waals surface area contributed by atoms with Crippen molar-refractivity contribution in [3.05, 3.63) is 0 Å². The Kier molecular flexibility index (Phi) is 5.62. The van der Waals surface area contributed by atoms with Gasteiger partial charge in [0.1, 0.15) is 6.04 Å². The third-order valence-electron chi connectivity index (χ3n) is 8.17. The van der Waals surface area contributed by atoms with Gasteiger partial charge in [0.25, 0.3) is 0 Å². The quantitative estimate of drug-likeness (QED) is 0.291. The second-order valence-corrected chi connectivity index (χ2v) is 11.0. The summed E-state index contributed by atoms with van der Waals surface area (Å²) < 4.78 is 0. The highest BCUT2D eigenvalue weighted by atomic mass is 16.3. The van der Waals surface area contributed by atoms with Crippen molar-refractivity contribution < 1.29 is 9.90 Å². The van der Waals surface area contributed by atoms with Crippen molar-refractivity contribution in [1.29, 1.82) is 10.7 Å². The van der Waals surface area contributed by atoms with Crippen LogP contribution < -0.4 is 17.2 Å². The Morgan fingerprint density at radius 1 is 1.22 bits per heavy atom. The van der Waals surface area contributed by atoms with E-state index in [1.54, 1.807) is 19.0 Å². The molecule has 5 aliphatic carbocycles. The lowest BCUT2D eigenvalue weighted by Crippen LogP contribution is -2.64. The van der Waals surface area contributed by atoms with Crippen LogP contribution in [0.2, 0.25) is 0 Å². The smallest absolute Gasteiger partial charge is 0.241 e. The minimum Gasteiger partial charge on any atom is -0.390 e. The van der Waals surface area contributed by atoms with Crippen LogP contribution in [0.15, 0.2) is 4.99 Å². The first-order valence-electron chi connectivity index (χ1n) is 11.5. The SMILES string of the molecule is CN(C)C(=N)N=C(N)N.N#C[C@@H]1C[C@@H]2C[C@@H]2N1C(=O)[C@@H](N)C12C[C@@H]3C[C@@H](CC(O)(C3)C1)C2. The highest BCUT2D eigenvalue weighted by Gasteiger charge is 2.62. The molecule has 5 saturated carbocycles. The summed E-state index contributed by atoms with van der Waals surface area (Å²) in [5.41, 5.74) is 15.7. The van der Waals surface area contributed by atoms with Gasteiger partial charge in [-0.15, -0.1) is 0 Å². The summed E-state index contributed by atoms with van der Waals surface area (Å²) in [5.74, 6) is 1.52. The topological polar surface area (TPSA) is 182 Å². The number of nitrogens with one attached hydrogen (secondary N) is 1. The first kappa shape index (κ1) is 22.8. The monoisotopic (exact) mass is 444 g/mol. The highest BCUT2D eigenvalue weighted by molar-refractivity contribution is 5.91. The molecule has 8 N–H and O–H groups in total. The number of fused-ring (bicyclic) bond motifs is 1. The molecule has 1 amide bonds. The van der Waals surface area contributed by atoms with Crippen LogP contribution in [0.5, 0.6) is 0 Å². The minimum absolute atomic E-state index is 0.0212. The fraction of sp³-hybridized carbons (Fsp3) is 0.818. The van der Waals surface area contributed by atoms with Crippen molar-refractivity contribution in [2.75, 3.05) is 14.1 Å². The van der Waals surface area contributed by atoms with Crippen LogP contribution in [0.1, 0.15) is 51.4 Å². The Hall–Kier alpha value is -2.38. The van der Waals surface area contributed by atoms with Crippen molar-refractivity contribution in [2.24, 2.45) is 45.4 Å². The molecule has 0 aromatic rings. The van der Waals surface area contributed by atoms with Crippen LogP contribution in [0.25, 0.3) is 0 Å². The molecule has 6 aliphatic rings. The molecule has 1 aliphatic heterocycles. The third-order valence-corrected chi connectivity index (χ3v) is 8.17. The molecule has 2 unspecified atom stereocenters. The Labute approximate surface area is 189 Å². The number of hydrogen-bond acceptors (Lipinski definition) is 5. The van der Waals surface area contributed by atoms with E-state index >= 15 is 0 Å². The van der Waals surface area contributed by atoms with Crippen LogP contribution >= 0.6 is 0 Å². The molecular weight excluding hydrogens is 408 g/mol. The molecule has 4 bridgehead atoms. The molecule has 32 heavy (non-hydrogen) atoms. The molecule has 0 aromatic carbocycles. The van der Waals surface area contributed by atoms with E-state index in [0.717, 1.165) is 38.5 Å². The maximum absolute atomic E-state index is 13.1. The maximum Gasteiger partial charge on any atom is 0.241 e. The normalized spacial score (nSPS) is 41.0. The number of carbonyl (C=O) groups is 1. The number of piperidine rings is 1. The van der Waals surface area contributed by atoms with Crippen LogP contribution in [0.3, 0.4) is 0 Å². The van der Waals surface area contributed by atoms with Gasteiger partial charge in [-0.3, -0.25) is 10.2 Å². The molecule has 8 atom stereocenters. The largest absolute Gasteiger partial charge is 0.390 e. The number of nitrogens with two attached hydrogens (primary N) is 3. The molecular formula is C22H36N8O2. The molecule has 176 valence electrons. The van der Waals surface area contributed by atoms with E-state index in [9.17, 15) is 15.2 Å². The molecule has 0 radical (unpaired) electrons. The number of hydrogen-bond donors (Lipinski definition) is 5. The van der Waals surface area contributed by atoms with Crippen molar-refractivity contribution >= 4 is 17.8 Å². The number of nitriles is 1. The zero-order valence-electron chi connectivity index (χ0n) is 19.0. The Balaban J connectivity index is 0.000000234. The van der Waals surface area contributed by atoms with E-state index in [2.05, 4.69) is 11.1 Å². The first-order valence-corrected chi connectivity index (χ1v) is 11.5. The predicted octanol–water partition coefficient (Wildman–Crippen LogP) is -0.0858. The Morgan fingerprint density at radius 3 is 2.31 bits per heavy atom. The van der Waals surface area contributed by atoms with Gasteiger partial charge in [0.15, 0.2) is 5.96 Å². The van der Waals surface area contributed by atoms with Gasteiger partial charge in [0.2, 0.25) is 11.9 Å². The standard InChI is InChI=1S/C18H25N3O2.C4H11N5/c19-8-13-2-12-3-14(12)21(13)16(22)15(20)17-4-10-1-11(5-17)7-18(23,6-10)9-17;1-9(2)4(7)8-3(5)6/h10-15,23H,1-7,9,20H2;1-2H3,(H5,5,6,7,8)/t10-,11+,12-,13+,14+,15-,17?,18?;/m1./s1. The highest BCUT2D eigenvalue weighted by Crippen LogP contribution is 2.63. The summed E-state index contributed by atoms with van der Waals surface area (Å²) in [6.45, 7) is 0. The summed E-state index contributed by atoms with van der Waals surface area (Å²) >= 11 is 0. The van der Waals surface area contributed by atoms with E-state index in [4.69, 9.17) is 22.6 Å². The van der Waals surface area contributed by atoms with Gasteiger partial charge >= 0.3 is 0 Å². The lowest BCUT2D eigenvalue weighted by molar-refractivity contribution is -0.177. The number of amides is 1. The van der Waals surface area contributed by atoms with Crippen LogP contribution in [0.4, 0.5) is 0 Å². The average molecular weight is 445 g/mol. The van der Waals surface area contributed by atoms with Crippen molar-refractivity contribution in [1.82, 2.24) is 9.80 Å². The van der Waals surface area contributed by atoms with E-state index in [0.29, 0.717) is 24.2 Å². The molecule has 1 heterocycles. The van der Waals surface area contributed by atoms with Gasteiger partial charge in [-0.05, 0) is 74.5 Å². The van der Waals surface area contributed by atoms with Gasteiger partial charge in [-0.2, -0.15) is 10.3 Å². The maximum atomic E-state index is 13.1. The van der Waals surface area contributed by atoms with Crippen LogP contribution in [-0.2, 0) is 4.79 Å². The summed E-state index contributed by atoms with van der Waals surface area (Å²) in [4.78, 5) is 19.9. The summed E-state index contributed by atoms with van der Waals surface area (Å²) in [7, 11) is 3.38. The number of likely N-dealkylation sites (tertiary alicyclic amines) is 1. The number of guanidine groups is 2. The third kappa shape index (κ3) is 4.04. The number of carbonyl (C=O) groups excluding carboxylic acids is 1. The summed E-state index contributed by atoms with van der Waals surface area (Å²) in [5, 5.41) is 27.3. The molecule has 0 aromatic heterocycles. The van der Waals surface area contributed by atoms with Gasteiger partial charge in [-0.1, -0.05) is 0 Å². The summed E-state index contributed by atoms with van der Waals surface area (Å²) in [6, 6.07) is 1.72. The molecule has 6 fully saturated rings. The molecule has 10 heteroatoms. The van der Waals surface area contributed by atoms with Crippen molar-refractivity contribution in [2.45, 2.75) is 75.1 Å². The number of aliphatic imine (C=N–C) groups is 1. The predicted molar refractivity (Wildman–Crippen MR) is 120 cm³/mol. The zero-order valence-corrected chi connectivity index (χ0v) is 19.0. The lowest BCUT2D eigenvalue weighted by Gasteiger charge is -2.61. The fourth-order valence-electron chi connectivity index (χ4n) is 7.18. The van der Waals surface area contributed by atoms with E-state index < -0.39 is 11.6 Å². The number of aliphatic hydroxyl groups is 1. The van der Waals surface area contributed by atoms with Gasteiger partial charge in [-0.25, -0.2) is 0 Å². The van der Waals surface area contributed by atoms with Crippen molar-refractivity contribution in [3.63, 3.8) is 0 Å². The second-order valence-electron chi connectivity index (χ2n) is 11.0. The Morgan fingerprint density at radius 2 is 1.84 bits per heavy atom. The van der Waals surface area contributed by atoms with Crippen molar-refractivity contribution in [3.8, 4) is 6.07 Å². The van der Waals surface area contributed by atoms with E-state index in [1.165, 1.54) is 11.3 Å². The second kappa shape index (κ2) is 7.89. The first-order chi connectivity index (χ1) is 15.0. The minimum atomic E-state index is -0.594. The van der Waals surface area contributed by atoms with Crippen LogP contribution in [0, 0.1) is 39.9 Å². The zero-order chi connectivity index (χ0) is 23.4. The van der Waals surface area contributed by atoms with E-state index in [1.807, 2.05) is 0 Å². The molecule has 6 rings (SSSR count). The van der Waals surface area contributed by atoms with Gasteiger partial charge in [0.05, 0.1) is 17.7 Å². The van der Waals surface area contributed by atoms with Crippen LogP contribution in [-0.4, -0.2) is 70.6 Å². The molecule has 1 saturated heterocycles. The van der Waals surface area contributed by atoms with Gasteiger partial charge in [0, 0.05) is 20.1 Å². The Bertz CT molecular complexity index is 846. The average Bonchev–Trinajstić information content (AvgIpc) is 3.34. The lowest BCUT2D eigenvalue weighted by atomic mass is 9.46. The summed E-state index contributed by atoms with van der Waals surface area (Å²) in [6.07, 6.45) is 7.48. The van der Waals surface area contributed by atoms with E-state index in [-0.39, 0.29) is 35.3 Å². The fourth-order valence-corrected chi connectivity index (χ4v) is 7.18.